The second-order valence-electron chi connectivity index (χ2n) is 8.40. The standard InChI is InChI=1S/C23H34N4O.ClH/c1-16-5-7-20(8-6-16)15-27-19(4)22(18(3)25-27)9-10-23(28)26-12-11-17(2)13-21(26)14-24;/h5-8,17,21H,9-15,24H2,1-4H3;1H. The molecule has 6 heteroatoms. The van der Waals surface area contributed by atoms with Gasteiger partial charge in [0.05, 0.1) is 12.2 Å². The van der Waals surface area contributed by atoms with Crippen LogP contribution in [0.15, 0.2) is 24.3 Å². The van der Waals surface area contributed by atoms with Gasteiger partial charge in [-0.15, -0.1) is 12.4 Å². The molecule has 0 aliphatic carbocycles. The Morgan fingerprint density at radius 1 is 1.21 bits per heavy atom. The van der Waals surface area contributed by atoms with E-state index < -0.39 is 0 Å². The molecule has 0 saturated carbocycles. The van der Waals surface area contributed by atoms with Crippen molar-refractivity contribution < 1.29 is 4.79 Å². The van der Waals surface area contributed by atoms with Gasteiger partial charge in [-0.2, -0.15) is 5.10 Å². The van der Waals surface area contributed by atoms with E-state index in [0.29, 0.717) is 18.9 Å². The van der Waals surface area contributed by atoms with Crippen molar-refractivity contribution in [2.45, 2.75) is 66.0 Å². The summed E-state index contributed by atoms with van der Waals surface area (Å²) in [6, 6.07) is 8.77. The number of nitrogens with zero attached hydrogens (tertiary/aromatic N) is 3. The van der Waals surface area contributed by atoms with Gasteiger partial charge in [-0.25, -0.2) is 0 Å². The van der Waals surface area contributed by atoms with Gasteiger partial charge in [0.1, 0.15) is 0 Å². The van der Waals surface area contributed by atoms with E-state index in [-0.39, 0.29) is 24.4 Å². The average Bonchev–Trinajstić information content (AvgIpc) is 2.94. The van der Waals surface area contributed by atoms with E-state index in [1.807, 2.05) is 11.8 Å². The Morgan fingerprint density at radius 3 is 2.55 bits per heavy atom. The summed E-state index contributed by atoms with van der Waals surface area (Å²) >= 11 is 0. The van der Waals surface area contributed by atoms with Crippen LogP contribution in [-0.2, 0) is 17.8 Å². The fourth-order valence-corrected chi connectivity index (χ4v) is 4.30. The molecule has 29 heavy (non-hydrogen) atoms. The first-order valence-corrected chi connectivity index (χ1v) is 10.5. The van der Waals surface area contributed by atoms with Crippen LogP contribution in [0.1, 0.15) is 54.3 Å². The number of rotatable bonds is 6. The summed E-state index contributed by atoms with van der Waals surface area (Å²) in [5.41, 5.74) is 11.8. The highest BCUT2D eigenvalue weighted by atomic mass is 35.5. The smallest absolute Gasteiger partial charge is 0.223 e. The number of benzene rings is 1. The van der Waals surface area contributed by atoms with E-state index in [2.05, 4.69) is 49.7 Å². The minimum Gasteiger partial charge on any atom is -0.338 e. The summed E-state index contributed by atoms with van der Waals surface area (Å²) in [4.78, 5) is 14.9. The van der Waals surface area contributed by atoms with Crippen molar-refractivity contribution in [1.82, 2.24) is 14.7 Å². The lowest BCUT2D eigenvalue weighted by atomic mass is 9.92. The number of aromatic nitrogens is 2. The molecule has 2 N–H and O–H groups in total. The highest BCUT2D eigenvalue weighted by Crippen LogP contribution is 2.24. The SMILES string of the molecule is Cc1ccc(Cn2nc(C)c(CCC(=O)N3CCC(C)CC3CN)c2C)cc1.Cl. The van der Waals surface area contributed by atoms with Crippen LogP contribution in [0.5, 0.6) is 0 Å². The van der Waals surface area contributed by atoms with Gasteiger partial charge < -0.3 is 10.6 Å². The molecule has 5 nitrogen and oxygen atoms in total. The third-order valence-corrected chi connectivity index (χ3v) is 6.14. The number of amides is 1. The van der Waals surface area contributed by atoms with Crippen LogP contribution in [0, 0.1) is 26.7 Å². The van der Waals surface area contributed by atoms with Gasteiger partial charge in [-0.05, 0) is 57.1 Å². The van der Waals surface area contributed by atoms with Crippen LogP contribution in [0.3, 0.4) is 0 Å². The molecular formula is C23H35ClN4O. The zero-order valence-electron chi connectivity index (χ0n) is 18.1. The topological polar surface area (TPSA) is 64.2 Å². The molecule has 1 saturated heterocycles. The van der Waals surface area contributed by atoms with Crippen LogP contribution in [0.25, 0.3) is 0 Å². The predicted octanol–water partition coefficient (Wildman–Crippen LogP) is 3.80. The summed E-state index contributed by atoms with van der Waals surface area (Å²) in [6.07, 6.45) is 3.38. The third kappa shape index (κ3) is 5.61. The Balaban J connectivity index is 0.00000300. The molecule has 0 bridgehead atoms. The molecule has 1 aromatic carbocycles. The number of carbonyl (C=O) groups excluding carboxylic acids is 1. The second-order valence-corrected chi connectivity index (χ2v) is 8.40. The van der Waals surface area contributed by atoms with Crippen LogP contribution < -0.4 is 5.73 Å². The van der Waals surface area contributed by atoms with Crippen molar-refractivity contribution in [3.05, 3.63) is 52.3 Å². The van der Waals surface area contributed by atoms with E-state index in [0.717, 1.165) is 43.7 Å². The summed E-state index contributed by atoms with van der Waals surface area (Å²) in [6.45, 7) is 10.7. The number of hydrogen-bond donors (Lipinski definition) is 1. The van der Waals surface area contributed by atoms with Gasteiger partial charge in [-0.3, -0.25) is 9.48 Å². The first-order chi connectivity index (χ1) is 13.4. The average molecular weight is 419 g/mol. The van der Waals surface area contributed by atoms with E-state index in [4.69, 9.17) is 10.8 Å². The number of hydrogen-bond acceptors (Lipinski definition) is 3. The van der Waals surface area contributed by atoms with Crippen LogP contribution in [0.4, 0.5) is 0 Å². The molecule has 2 heterocycles. The molecule has 160 valence electrons. The van der Waals surface area contributed by atoms with Gasteiger partial charge in [0, 0.05) is 31.2 Å². The summed E-state index contributed by atoms with van der Waals surface area (Å²) < 4.78 is 2.06. The van der Waals surface area contributed by atoms with E-state index in [9.17, 15) is 4.79 Å². The minimum atomic E-state index is 0. The zero-order chi connectivity index (χ0) is 20.3. The third-order valence-electron chi connectivity index (χ3n) is 6.14. The van der Waals surface area contributed by atoms with Crippen molar-refractivity contribution in [2.75, 3.05) is 13.1 Å². The van der Waals surface area contributed by atoms with Gasteiger partial charge in [0.15, 0.2) is 0 Å². The highest BCUT2D eigenvalue weighted by Gasteiger charge is 2.28. The molecule has 2 unspecified atom stereocenters. The number of piperidine rings is 1. The highest BCUT2D eigenvalue weighted by molar-refractivity contribution is 5.85. The lowest BCUT2D eigenvalue weighted by Gasteiger charge is -2.38. The fraction of sp³-hybridized carbons (Fsp3) is 0.565. The summed E-state index contributed by atoms with van der Waals surface area (Å²) in [5, 5.41) is 4.73. The number of carbonyl (C=O) groups is 1. The van der Waals surface area contributed by atoms with Crippen molar-refractivity contribution >= 4 is 18.3 Å². The Morgan fingerprint density at radius 2 is 1.90 bits per heavy atom. The maximum absolute atomic E-state index is 12.8. The van der Waals surface area contributed by atoms with E-state index in [1.165, 1.54) is 16.7 Å². The van der Waals surface area contributed by atoms with Crippen LogP contribution >= 0.6 is 12.4 Å². The van der Waals surface area contributed by atoms with Crippen molar-refractivity contribution in [2.24, 2.45) is 11.7 Å². The number of aryl methyl sites for hydroxylation is 2. The van der Waals surface area contributed by atoms with Gasteiger partial charge >= 0.3 is 0 Å². The molecule has 1 aliphatic rings. The summed E-state index contributed by atoms with van der Waals surface area (Å²) in [5.74, 6) is 0.884. The van der Waals surface area contributed by atoms with Crippen molar-refractivity contribution in [1.29, 1.82) is 0 Å². The molecule has 1 amide bonds. The first kappa shape index (κ1) is 23.4. The Labute approximate surface area is 181 Å². The monoisotopic (exact) mass is 418 g/mol. The Hall–Kier alpha value is -1.85. The number of halogens is 1. The van der Waals surface area contributed by atoms with Crippen molar-refractivity contribution in [3.63, 3.8) is 0 Å². The number of nitrogens with two attached hydrogens (primary N) is 1. The minimum absolute atomic E-state index is 0. The molecular weight excluding hydrogens is 384 g/mol. The maximum atomic E-state index is 12.8. The molecule has 2 aromatic rings. The largest absolute Gasteiger partial charge is 0.338 e. The van der Waals surface area contributed by atoms with Crippen molar-refractivity contribution in [3.8, 4) is 0 Å². The molecule has 1 aromatic heterocycles. The van der Waals surface area contributed by atoms with E-state index in [1.54, 1.807) is 0 Å². The Bertz CT molecular complexity index is 815. The van der Waals surface area contributed by atoms with Gasteiger partial charge in [0.25, 0.3) is 0 Å². The maximum Gasteiger partial charge on any atom is 0.223 e. The molecule has 1 aliphatic heterocycles. The lowest BCUT2D eigenvalue weighted by Crippen LogP contribution is -2.49. The normalized spacial score (nSPS) is 19.1. The molecule has 3 rings (SSSR count). The molecule has 0 spiro atoms. The van der Waals surface area contributed by atoms with Crippen LogP contribution in [-0.4, -0.2) is 39.7 Å². The number of likely N-dealkylation sites (tertiary alicyclic amines) is 1. The first-order valence-electron chi connectivity index (χ1n) is 10.5. The second kappa shape index (κ2) is 10.3. The lowest BCUT2D eigenvalue weighted by molar-refractivity contribution is -0.135. The van der Waals surface area contributed by atoms with Gasteiger partial charge in [0.2, 0.25) is 5.91 Å². The zero-order valence-corrected chi connectivity index (χ0v) is 19.0. The summed E-state index contributed by atoms with van der Waals surface area (Å²) in [7, 11) is 0. The molecule has 1 fully saturated rings. The molecule has 2 atom stereocenters. The van der Waals surface area contributed by atoms with Gasteiger partial charge in [-0.1, -0.05) is 36.8 Å². The quantitative estimate of drug-likeness (QED) is 0.775. The molecule has 0 radical (unpaired) electrons. The van der Waals surface area contributed by atoms with E-state index >= 15 is 0 Å². The fourth-order valence-electron chi connectivity index (χ4n) is 4.30. The Kier molecular flexibility index (Phi) is 8.29. The van der Waals surface area contributed by atoms with Crippen LogP contribution in [0.2, 0.25) is 0 Å². The predicted molar refractivity (Wildman–Crippen MR) is 121 cm³/mol.